The highest BCUT2D eigenvalue weighted by atomic mass is 35.5. The second kappa shape index (κ2) is 5.26. The lowest BCUT2D eigenvalue weighted by molar-refractivity contribution is -0.116. The largest absolute Gasteiger partial charge is 0.310 e. The van der Waals surface area contributed by atoms with Crippen molar-refractivity contribution in [1.82, 2.24) is 9.55 Å². The number of benzene rings is 1. The zero-order valence-electron chi connectivity index (χ0n) is 11.5. The van der Waals surface area contributed by atoms with Gasteiger partial charge in [0.15, 0.2) is 0 Å². The minimum Gasteiger partial charge on any atom is -0.310 e. The van der Waals surface area contributed by atoms with Crippen molar-refractivity contribution in [3.05, 3.63) is 63.7 Å². The lowest BCUT2D eigenvalue weighted by Crippen LogP contribution is -2.24. The van der Waals surface area contributed by atoms with Crippen LogP contribution in [0.1, 0.15) is 22.9 Å². The third-order valence-corrected chi connectivity index (χ3v) is 5.00. The van der Waals surface area contributed by atoms with Crippen LogP contribution in [0.5, 0.6) is 0 Å². The van der Waals surface area contributed by atoms with Crippen LogP contribution in [-0.2, 0) is 4.79 Å². The fourth-order valence-corrected chi connectivity index (χ4v) is 3.69. The number of aromatic nitrogens is 2. The quantitative estimate of drug-likeness (QED) is 0.770. The van der Waals surface area contributed by atoms with Crippen molar-refractivity contribution >= 4 is 34.7 Å². The highest BCUT2D eigenvalue weighted by Crippen LogP contribution is 2.38. The molecule has 3 heterocycles. The van der Waals surface area contributed by atoms with E-state index in [1.54, 1.807) is 17.7 Å². The van der Waals surface area contributed by atoms with Crippen LogP contribution >= 0.6 is 22.9 Å². The van der Waals surface area contributed by atoms with E-state index in [0.29, 0.717) is 11.4 Å². The topological polar surface area (TPSA) is 46.9 Å². The number of amides is 1. The zero-order chi connectivity index (χ0) is 15.1. The first-order valence-electron chi connectivity index (χ1n) is 6.89. The molecule has 4 nitrogen and oxygen atoms in total. The second-order valence-corrected chi connectivity index (χ2v) is 6.56. The molecular weight excluding hydrogens is 318 g/mol. The number of anilines is 1. The van der Waals surface area contributed by atoms with Gasteiger partial charge in [-0.25, -0.2) is 4.98 Å². The van der Waals surface area contributed by atoms with Gasteiger partial charge in [-0.3, -0.25) is 9.36 Å². The monoisotopic (exact) mass is 329 g/mol. The van der Waals surface area contributed by atoms with Gasteiger partial charge in [-0.05, 0) is 35.7 Å². The number of halogens is 1. The van der Waals surface area contributed by atoms with Crippen molar-refractivity contribution in [2.24, 2.45) is 0 Å². The predicted octanol–water partition coefficient (Wildman–Crippen LogP) is 4.06. The number of thiophene rings is 1. The van der Waals surface area contributed by atoms with E-state index in [-0.39, 0.29) is 11.8 Å². The summed E-state index contributed by atoms with van der Waals surface area (Å²) in [5.41, 5.74) is 1.84. The molecule has 0 saturated heterocycles. The minimum absolute atomic E-state index is 0.0154. The molecule has 1 aliphatic heterocycles. The number of carbonyl (C=O) groups excluding carboxylic acids is 1. The number of nitrogens with zero attached hydrogens (tertiary/aromatic N) is 2. The standard InChI is InChI=1S/C16H12ClN3OS/c17-10-3-5-11(6-4-10)20-9-18-15-12(13-2-1-7-22-13)8-14(21)19-16(15)20/h1-7,9,12H,8H2,(H,19,21)/t12-/m1/s1. The van der Waals surface area contributed by atoms with Crippen molar-refractivity contribution in [3.63, 3.8) is 0 Å². The van der Waals surface area contributed by atoms with E-state index in [0.717, 1.165) is 22.1 Å². The lowest BCUT2D eigenvalue weighted by atomic mass is 9.96. The smallest absolute Gasteiger partial charge is 0.226 e. The van der Waals surface area contributed by atoms with E-state index >= 15 is 0 Å². The van der Waals surface area contributed by atoms with Gasteiger partial charge < -0.3 is 5.32 Å². The maximum Gasteiger partial charge on any atom is 0.226 e. The summed E-state index contributed by atoms with van der Waals surface area (Å²) < 4.78 is 1.89. The Balaban J connectivity index is 1.82. The highest BCUT2D eigenvalue weighted by Gasteiger charge is 2.31. The fourth-order valence-electron chi connectivity index (χ4n) is 2.73. The lowest BCUT2D eigenvalue weighted by Gasteiger charge is -2.22. The summed E-state index contributed by atoms with van der Waals surface area (Å²) in [6, 6.07) is 11.5. The molecule has 0 aliphatic carbocycles. The summed E-state index contributed by atoms with van der Waals surface area (Å²) in [5.74, 6) is 0.788. The summed E-state index contributed by atoms with van der Waals surface area (Å²) >= 11 is 7.59. The molecule has 22 heavy (non-hydrogen) atoms. The predicted molar refractivity (Wildman–Crippen MR) is 88.0 cm³/mol. The highest BCUT2D eigenvalue weighted by molar-refractivity contribution is 7.10. The van der Waals surface area contributed by atoms with E-state index < -0.39 is 0 Å². The average molecular weight is 330 g/mol. The Labute approximate surface area is 136 Å². The molecule has 0 saturated carbocycles. The van der Waals surface area contributed by atoms with Crippen LogP contribution in [0.25, 0.3) is 5.69 Å². The van der Waals surface area contributed by atoms with Gasteiger partial charge in [-0.2, -0.15) is 0 Å². The Bertz CT molecular complexity index is 824. The van der Waals surface area contributed by atoms with Gasteiger partial charge in [-0.1, -0.05) is 17.7 Å². The molecule has 0 radical (unpaired) electrons. The molecule has 110 valence electrons. The molecule has 0 unspecified atom stereocenters. The van der Waals surface area contributed by atoms with E-state index in [2.05, 4.69) is 16.4 Å². The van der Waals surface area contributed by atoms with Crippen LogP contribution in [0, 0.1) is 0 Å². The maximum absolute atomic E-state index is 12.1. The third kappa shape index (κ3) is 2.23. The first-order chi connectivity index (χ1) is 10.7. The Morgan fingerprint density at radius 1 is 1.27 bits per heavy atom. The van der Waals surface area contributed by atoms with Crippen molar-refractivity contribution in [1.29, 1.82) is 0 Å². The molecule has 1 aromatic carbocycles. The van der Waals surface area contributed by atoms with Crippen molar-refractivity contribution < 1.29 is 4.79 Å². The number of nitrogens with one attached hydrogen (secondary N) is 1. The summed E-state index contributed by atoms with van der Waals surface area (Å²) in [6.45, 7) is 0. The number of imidazole rings is 1. The number of rotatable bonds is 2. The van der Waals surface area contributed by atoms with Gasteiger partial charge in [0.1, 0.15) is 12.1 Å². The Morgan fingerprint density at radius 3 is 2.82 bits per heavy atom. The first-order valence-corrected chi connectivity index (χ1v) is 8.14. The Kier molecular flexibility index (Phi) is 3.24. The van der Waals surface area contributed by atoms with Crippen LogP contribution in [0.3, 0.4) is 0 Å². The molecule has 6 heteroatoms. The van der Waals surface area contributed by atoms with Crippen molar-refractivity contribution in [3.8, 4) is 5.69 Å². The summed E-state index contributed by atoms with van der Waals surface area (Å²) in [4.78, 5) is 17.8. The number of carbonyl (C=O) groups is 1. The van der Waals surface area contributed by atoms with Crippen LogP contribution < -0.4 is 5.32 Å². The van der Waals surface area contributed by atoms with Gasteiger partial charge in [0.05, 0.1) is 5.69 Å². The molecule has 1 atom stereocenters. The van der Waals surface area contributed by atoms with Gasteiger partial charge in [0.25, 0.3) is 0 Å². The number of hydrogen-bond acceptors (Lipinski definition) is 3. The van der Waals surface area contributed by atoms with Crippen LogP contribution in [0.15, 0.2) is 48.1 Å². The van der Waals surface area contributed by atoms with Crippen LogP contribution in [-0.4, -0.2) is 15.5 Å². The fraction of sp³-hybridized carbons (Fsp3) is 0.125. The molecule has 0 spiro atoms. The normalized spacial score (nSPS) is 17.1. The summed E-state index contributed by atoms with van der Waals surface area (Å²) in [7, 11) is 0. The van der Waals surface area contributed by atoms with E-state index in [1.165, 1.54) is 0 Å². The summed E-state index contributed by atoms with van der Waals surface area (Å²) in [6.07, 6.45) is 2.19. The molecular formula is C16H12ClN3OS. The van der Waals surface area contributed by atoms with E-state index in [9.17, 15) is 4.79 Å². The molecule has 0 fully saturated rings. The second-order valence-electron chi connectivity index (χ2n) is 5.15. The third-order valence-electron chi connectivity index (χ3n) is 3.76. The zero-order valence-corrected chi connectivity index (χ0v) is 13.1. The molecule has 4 rings (SSSR count). The first kappa shape index (κ1) is 13.5. The maximum atomic E-state index is 12.1. The van der Waals surface area contributed by atoms with Gasteiger partial charge in [0, 0.05) is 27.9 Å². The number of hydrogen-bond donors (Lipinski definition) is 1. The van der Waals surface area contributed by atoms with Crippen LogP contribution in [0.4, 0.5) is 5.82 Å². The summed E-state index contributed by atoms with van der Waals surface area (Å²) in [5, 5.41) is 5.65. The van der Waals surface area contributed by atoms with E-state index in [4.69, 9.17) is 11.6 Å². The Hall–Kier alpha value is -2.11. The number of fused-ring (bicyclic) bond motifs is 1. The Morgan fingerprint density at radius 2 is 2.09 bits per heavy atom. The molecule has 1 N–H and O–H groups in total. The van der Waals surface area contributed by atoms with Gasteiger partial charge in [0.2, 0.25) is 5.91 Å². The van der Waals surface area contributed by atoms with E-state index in [1.807, 2.05) is 40.3 Å². The molecule has 2 aromatic heterocycles. The molecule has 3 aromatic rings. The minimum atomic E-state index is 0.0154. The SMILES string of the molecule is O=C1C[C@H](c2cccs2)c2ncn(-c3ccc(Cl)cc3)c2N1. The van der Waals surface area contributed by atoms with Gasteiger partial charge >= 0.3 is 0 Å². The van der Waals surface area contributed by atoms with Crippen LogP contribution in [0.2, 0.25) is 5.02 Å². The van der Waals surface area contributed by atoms with Crippen molar-refractivity contribution in [2.75, 3.05) is 5.32 Å². The molecule has 1 aliphatic rings. The van der Waals surface area contributed by atoms with Gasteiger partial charge in [-0.15, -0.1) is 11.3 Å². The average Bonchev–Trinajstić information content (AvgIpc) is 3.16. The molecule has 0 bridgehead atoms. The molecule has 1 amide bonds. The van der Waals surface area contributed by atoms with Crippen molar-refractivity contribution in [2.45, 2.75) is 12.3 Å².